The normalized spacial score (nSPS) is 11.5. The van der Waals surface area contributed by atoms with Gasteiger partial charge in [0.25, 0.3) is 0 Å². The Morgan fingerprint density at radius 3 is 2.39 bits per heavy atom. The molecular formula is C23H27NO4. The van der Waals surface area contributed by atoms with E-state index in [2.05, 4.69) is 11.9 Å². The maximum atomic E-state index is 12.2. The number of ether oxygens (including phenoxy) is 2. The maximum Gasteiger partial charge on any atom is 0.407 e. The van der Waals surface area contributed by atoms with Gasteiger partial charge in [-0.1, -0.05) is 74.2 Å². The highest BCUT2D eigenvalue weighted by Crippen LogP contribution is 2.10. The average molecular weight is 381 g/mol. The molecule has 28 heavy (non-hydrogen) atoms. The standard InChI is InChI=1S/C23H27NO4/c1-3-13-28-23(26)24-15-20-9-11-21(12-10-20)16-27-17-22(25)18(2)14-19-7-5-4-6-8-19/h3-12,18H,1,13-17H2,2H3,(H,24,26)/t18-/m1/s1. The summed E-state index contributed by atoms with van der Waals surface area (Å²) in [7, 11) is 0. The molecule has 2 rings (SSSR count). The highest BCUT2D eigenvalue weighted by atomic mass is 16.5. The lowest BCUT2D eigenvalue weighted by molar-refractivity contribution is -0.127. The summed E-state index contributed by atoms with van der Waals surface area (Å²) in [5.74, 6) is 0.0272. The molecule has 0 saturated heterocycles. The molecule has 0 spiro atoms. The zero-order chi connectivity index (χ0) is 20.2. The number of alkyl carbamates (subject to hydrolysis) is 1. The van der Waals surface area contributed by atoms with Crippen molar-refractivity contribution in [1.82, 2.24) is 5.32 Å². The fraction of sp³-hybridized carbons (Fsp3) is 0.304. The van der Waals surface area contributed by atoms with Crippen LogP contribution < -0.4 is 5.32 Å². The van der Waals surface area contributed by atoms with Gasteiger partial charge < -0.3 is 14.8 Å². The van der Waals surface area contributed by atoms with E-state index in [0.29, 0.717) is 13.2 Å². The van der Waals surface area contributed by atoms with Crippen LogP contribution in [-0.2, 0) is 33.8 Å². The van der Waals surface area contributed by atoms with Crippen LogP contribution in [0.2, 0.25) is 0 Å². The van der Waals surface area contributed by atoms with Crippen LogP contribution in [0.3, 0.4) is 0 Å². The Morgan fingerprint density at radius 1 is 1.04 bits per heavy atom. The van der Waals surface area contributed by atoms with Crippen molar-refractivity contribution < 1.29 is 19.1 Å². The van der Waals surface area contributed by atoms with Crippen molar-refractivity contribution in [1.29, 1.82) is 0 Å². The van der Waals surface area contributed by atoms with E-state index in [9.17, 15) is 9.59 Å². The van der Waals surface area contributed by atoms with Crippen LogP contribution >= 0.6 is 0 Å². The molecule has 0 radical (unpaired) electrons. The first kappa shape index (κ1) is 21.4. The number of carbonyl (C=O) groups excluding carboxylic acids is 2. The van der Waals surface area contributed by atoms with E-state index >= 15 is 0 Å². The second-order valence-corrected chi connectivity index (χ2v) is 6.61. The third-order valence-electron chi connectivity index (χ3n) is 4.24. The molecule has 1 amide bonds. The van der Waals surface area contributed by atoms with Crippen molar-refractivity contribution in [2.24, 2.45) is 5.92 Å². The zero-order valence-corrected chi connectivity index (χ0v) is 16.2. The number of hydrogen-bond acceptors (Lipinski definition) is 4. The van der Waals surface area contributed by atoms with Crippen LogP contribution in [0, 0.1) is 5.92 Å². The van der Waals surface area contributed by atoms with E-state index in [1.165, 1.54) is 6.08 Å². The predicted octanol–water partition coefficient (Wildman–Crippen LogP) is 4.06. The van der Waals surface area contributed by atoms with Crippen molar-refractivity contribution in [3.8, 4) is 0 Å². The van der Waals surface area contributed by atoms with Gasteiger partial charge in [0.1, 0.15) is 13.2 Å². The highest BCUT2D eigenvalue weighted by molar-refractivity contribution is 5.82. The number of amides is 1. The van der Waals surface area contributed by atoms with Gasteiger partial charge in [-0.25, -0.2) is 4.79 Å². The second kappa shape index (κ2) is 11.7. The molecule has 0 aliphatic heterocycles. The van der Waals surface area contributed by atoms with Crippen molar-refractivity contribution in [2.45, 2.75) is 26.5 Å². The topological polar surface area (TPSA) is 64.6 Å². The van der Waals surface area contributed by atoms with E-state index in [0.717, 1.165) is 23.1 Å². The lowest BCUT2D eigenvalue weighted by Gasteiger charge is -2.11. The van der Waals surface area contributed by atoms with Crippen molar-refractivity contribution >= 4 is 11.9 Å². The van der Waals surface area contributed by atoms with Gasteiger partial charge in [-0.2, -0.15) is 0 Å². The Balaban J connectivity index is 1.69. The Hall–Kier alpha value is -2.92. The maximum absolute atomic E-state index is 12.2. The molecule has 5 nitrogen and oxygen atoms in total. The first-order valence-corrected chi connectivity index (χ1v) is 9.32. The van der Waals surface area contributed by atoms with Gasteiger partial charge >= 0.3 is 6.09 Å². The smallest absolute Gasteiger partial charge is 0.407 e. The molecule has 148 valence electrons. The molecule has 0 unspecified atom stereocenters. The quantitative estimate of drug-likeness (QED) is 0.596. The number of carbonyl (C=O) groups is 2. The predicted molar refractivity (Wildman–Crippen MR) is 109 cm³/mol. The first-order valence-electron chi connectivity index (χ1n) is 9.32. The molecule has 0 fully saturated rings. The molecule has 0 bridgehead atoms. The summed E-state index contributed by atoms with van der Waals surface area (Å²) in [4.78, 5) is 23.6. The summed E-state index contributed by atoms with van der Waals surface area (Å²) in [5.41, 5.74) is 3.08. The van der Waals surface area contributed by atoms with E-state index in [1.54, 1.807) is 0 Å². The number of hydrogen-bond donors (Lipinski definition) is 1. The summed E-state index contributed by atoms with van der Waals surface area (Å²) >= 11 is 0. The van der Waals surface area contributed by atoms with E-state index < -0.39 is 6.09 Å². The Bertz CT molecular complexity index is 756. The molecule has 2 aromatic carbocycles. The van der Waals surface area contributed by atoms with Gasteiger partial charge in [-0.15, -0.1) is 0 Å². The van der Waals surface area contributed by atoms with Crippen LogP contribution in [0.1, 0.15) is 23.6 Å². The minimum absolute atomic E-state index is 0.0725. The van der Waals surface area contributed by atoms with E-state index in [1.807, 2.05) is 61.5 Å². The minimum Gasteiger partial charge on any atom is -0.445 e. The second-order valence-electron chi connectivity index (χ2n) is 6.61. The summed E-state index contributed by atoms with van der Waals surface area (Å²) in [5, 5.41) is 2.66. The molecular weight excluding hydrogens is 354 g/mol. The molecule has 2 aromatic rings. The molecule has 1 N–H and O–H groups in total. The lowest BCUT2D eigenvalue weighted by atomic mass is 9.97. The van der Waals surface area contributed by atoms with Crippen molar-refractivity contribution in [3.63, 3.8) is 0 Å². The van der Waals surface area contributed by atoms with Gasteiger partial charge in [-0.05, 0) is 23.1 Å². The lowest BCUT2D eigenvalue weighted by Crippen LogP contribution is -2.23. The summed E-state index contributed by atoms with van der Waals surface area (Å²) in [6.45, 7) is 6.46. The van der Waals surface area contributed by atoms with Gasteiger partial charge in [0.15, 0.2) is 5.78 Å². The van der Waals surface area contributed by atoms with Gasteiger partial charge in [-0.3, -0.25) is 4.79 Å². The molecule has 0 aliphatic carbocycles. The van der Waals surface area contributed by atoms with Crippen LogP contribution in [0.5, 0.6) is 0 Å². The zero-order valence-electron chi connectivity index (χ0n) is 16.2. The molecule has 0 heterocycles. The summed E-state index contributed by atoms with van der Waals surface area (Å²) in [6, 6.07) is 17.6. The van der Waals surface area contributed by atoms with Crippen molar-refractivity contribution in [3.05, 3.63) is 83.9 Å². The Morgan fingerprint density at radius 2 is 1.71 bits per heavy atom. The molecule has 0 aromatic heterocycles. The van der Waals surface area contributed by atoms with Gasteiger partial charge in [0, 0.05) is 12.5 Å². The molecule has 1 atom stereocenters. The first-order chi connectivity index (χ1) is 13.6. The van der Waals surface area contributed by atoms with Crippen LogP contribution in [0.15, 0.2) is 67.3 Å². The summed E-state index contributed by atoms with van der Waals surface area (Å²) < 4.78 is 10.4. The highest BCUT2D eigenvalue weighted by Gasteiger charge is 2.13. The Kier molecular flexibility index (Phi) is 8.95. The minimum atomic E-state index is -0.476. The van der Waals surface area contributed by atoms with Crippen LogP contribution in [0.4, 0.5) is 4.79 Å². The van der Waals surface area contributed by atoms with Crippen LogP contribution in [-0.4, -0.2) is 25.1 Å². The monoisotopic (exact) mass is 381 g/mol. The third kappa shape index (κ3) is 7.76. The molecule has 5 heteroatoms. The fourth-order valence-corrected chi connectivity index (χ4v) is 2.61. The van der Waals surface area contributed by atoms with Crippen molar-refractivity contribution in [2.75, 3.05) is 13.2 Å². The van der Waals surface area contributed by atoms with E-state index in [4.69, 9.17) is 9.47 Å². The number of nitrogens with one attached hydrogen (secondary N) is 1. The third-order valence-corrected chi connectivity index (χ3v) is 4.24. The van der Waals surface area contributed by atoms with E-state index in [-0.39, 0.29) is 24.9 Å². The number of benzene rings is 2. The Labute approximate surface area is 166 Å². The van der Waals surface area contributed by atoms with Crippen LogP contribution in [0.25, 0.3) is 0 Å². The SMILES string of the molecule is C=CCOC(=O)NCc1ccc(COCC(=O)[C@H](C)Cc2ccccc2)cc1. The summed E-state index contributed by atoms with van der Waals surface area (Å²) in [6.07, 6.45) is 1.76. The molecule has 0 saturated carbocycles. The number of rotatable bonds is 11. The number of Topliss-reactive ketones (excluding diaryl/α,β-unsaturated/α-hetero) is 1. The fourth-order valence-electron chi connectivity index (χ4n) is 2.61. The largest absolute Gasteiger partial charge is 0.445 e. The van der Waals surface area contributed by atoms with Gasteiger partial charge in [0.05, 0.1) is 6.61 Å². The number of ketones is 1. The molecule has 0 aliphatic rings. The average Bonchev–Trinajstić information content (AvgIpc) is 2.72. The van der Waals surface area contributed by atoms with Gasteiger partial charge in [0.2, 0.25) is 0 Å².